The molecular formula is C36H41ClN6O4S. The Bertz CT molecular complexity index is 1830. The number of fused-ring (bicyclic) bond motifs is 3. The third-order valence-electron chi connectivity index (χ3n) is 9.43. The van der Waals surface area contributed by atoms with Crippen molar-refractivity contribution in [2.45, 2.75) is 58.1 Å². The van der Waals surface area contributed by atoms with Crippen LogP contribution in [0.5, 0.6) is 5.75 Å². The van der Waals surface area contributed by atoms with Crippen molar-refractivity contribution in [2.75, 3.05) is 35.6 Å². The number of anilines is 2. The van der Waals surface area contributed by atoms with Crippen LogP contribution in [-0.4, -0.2) is 52.2 Å². The third kappa shape index (κ3) is 8.00. The summed E-state index contributed by atoms with van der Waals surface area (Å²) in [7, 11) is -1.60. The lowest BCUT2D eigenvalue weighted by atomic mass is 9.70. The van der Waals surface area contributed by atoms with Crippen molar-refractivity contribution < 1.29 is 18.5 Å². The molecule has 2 aromatic carbocycles. The van der Waals surface area contributed by atoms with E-state index in [-0.39, 0.29) is 29.3 Å². The zero-order chi connectivity index (χ0) is 33.7. The van der Waals surface area contributed by atoms with Gasteiger partial charge in [0.2, 0.25) is 0 Å². The lowest BCUT2D eigenvalue weighted by Gasteiger charge is -2.43. The molecule has 3 heterocycles. The van der Waals surface area contributed by atoms with Crippen LogP contribution in [0.1, 0.15) is 66.2 Å². The van der Waals surface area contributed by atoms with Gasteiger partial charge in [0.1, 0.15) is 21.7 Å². The Morgan fingerprint density at radius 1 is 1.12 bits per heavy atom. The van der Waals surface area contributed by atoms with E-state index < -0.39 is 15.8 Å². The second kappa shape index (κ2) is 15.1. The Hall–Kier alpha value is -3.98. The van der Waals surface area contributed by atoms with Crippen LogP contribution >= 0.6 is 11.6 Å². The molecule has 1 aromatic heterocycles. The van der Waals surface area contributed by atoms with Gasteiger partial charge in [0.25, 0.3) is 5.91 Å². The molecule has 2 bridgehead atoms. The van der Waals surface area contributed by atoms with Gasteiger partial charge < -0.3 is 14.4 Å². The fourth-order valence-electron chi connectivity index (χ4n) is 6.78. The Morgan fingerprint density at radius 2 is 2.00 bits per heavy atom. The predicted octanol–water partition coefficient (Wildman–Crippen LogP) is 7.00. The molecule has 48 heavy (non-hydrogen) atoms. The lowest BCUT2D eigenvalue weighted by Crippen LogP contribution is -2.43. The number of benzene rings is 2. The van der Waals surface area contributed by atoms with E-state index in [2.05, 4.69) is 48.2 Å². The fraction of sp³-hybridized carbons (Fsp3) is 0.444. The first-order valence-electron chi connectivity index (χ1n) is 16.5. The van der Waals surface area contributed by atoms with Crippen LogP contribution in [0.4, 0.5) is 11.5 Å². The Kier molecular flexibility index (Phi) is 10.6. The van der Waals surface area contributed by atoms with Crippen LogP contribution in [0.25, 0.3) is 0 Å². The molecule has 0 saturated heterocycles. The van der Waals surface area contributed by atoms with Gasteiger partial charge in [0.15, 0.2) is 11.5 Å². The number of rotatable bonds is 3. The maximum absolute atomic E-state index is 14.4. The molecule has 6 rings (SSSR count). The molecule has 1 fully saturated rings. The highest BCUT2D eigenvalue weighted by atomic mass is 35.5. The predicted molar refractivity (Wildman–Crippen MR) is 187 cm³/mol. The smallest absolute Gasteiger partial charge is 0.286 e. The van der Waals surface area contributed by atoms with Crippen LogP contribution in [0.3, 0.4) is 0 Å². The van der Waals surface area contributed by atoms with Gasteiger partial charge in [0, 0.05) is 30.8 Å². The number of allylic oxidation sites excluding steroid dienone is 1. The van der Waals surface area contributed by atoms with Crippen molar-refractivity contribution in [1.29, 1.82) is 5.26 Å². The molecule has 1 N–H and O–H groups in total. The van der Waals surface area contributed by atoms with Gasteiger partial charge in [-0.25, -0.2) is 14.2 Å². The highest BCUT2D eigenvalue weighted by Gasteiger charge is 2.38. The zero-order valence-corrected chi connectivity index (χ0v) is 28.9. The van der Waals surface area contributed by atoms with Crippen molar-refractivity contribution in [2.24, 2.45) is 22.1 Å². The Balaban J connectivity index is 1.46. The molecular weight excluding hydrogens is 648 g/mol. The van der Waals surface area contributed by atoms with Crippen LogP contribution in [-0.2, 0) is 27.6 Å². The van der Waals surface area contributed by atoms with E-state index in [1.807, 2.05) is 31.2 Å². The van der Waals surface area contributed by atoms with E-state index in [0.717, 1.165) is 49.4 Å². The second-order valence-electron chi connectivity index (χ2n) is 13.0. The first-order valence-corrected chi connectivity index (χ1v) is 18.6. The van der Waals surface area contributed by atoms with Gasteiger partial charge >= 0.3 is 0 Å². The minimum Gasteiger partial charge on any atom is -0.491 e. The van der Waals surface area contributed by atoms with Crippen LogP contribution in [0.2, 0.25) is 5.02 Å². The summed E-state index contributed by atoms with van der Waals surface area (Å²) in [5.41, 5.74) is 3.64. The Morgan fingerprint density at radius 3 is 2.75 bits per heavy atom. The van der Waals surface area contributed by atoms with Gasteiger partial charge in [-0.1, -0.05) is 36.7 Å². The molecule has 3 aromatic rings. The van der Waals surface area contributed by atoms with Crippen molar-refractivity contribution in [3.05, 3.63) is 88.4 Å². The quantitative estimate of drug-likeness (QED) is 0.291. The SMILES string of the molecule is CO[C@H]1/C=C/C[C@H](C)CS(=O)(Nc2cnc(C#N)cn2)=NC(=O)c2ccc3c(c2)N(Cc2ccc(Cl)cc2CCCCO3)C[C@@H]2CC[C@H]21. The summed E-state index contributed by atoms with van der Waals surface area (Å²) in [6, 6.07) is 13.4. The van der Waals surface area contributed by atoms with Crippen LogP contribution < -0.4 is 14.4 Å². The largest absolute Gasteiger partial charge is 0.491 e. The monoisotopic (exact) mass is 688 g/mol. The normalized spacial score (nSPS) is 27.0. The number of carbonyl (C=O) groups is 1. The maximum atomic E-state index is 14.4. The standard InChI is InChI=1S/C36H41ClN6O4S/c1-24-6-5-8-33(46-2)31-13-10-28(31)22-43-21-27-9-12-29(37)16-25(27)7-3-4-15-47-34-14-11-26(17-32(34)43)36(44)42-48(45,23-24)41-35-20-39-30(18-38)19-40-35/h5,8-9,11-12,14,16-17,19-20,24,28,31,33H,3-4,6-7,10,13,15,21-23H2,1-2H3,(H,40,41,42,44,45)/b8-5+/t24-,28-,31+,33-,48?/m0/s1. The van der Waals surface area contributed by atoms with Crippen LogP contribution in [0.15, 0.2) is 65.3 Å². The van der Waals surface area contributed by atoms with Gasteiger partial charge in [-0.2, -0.15) is 5.26 Å². The number of hydrogen-bond donors (Lipinski definition) is 1. The first kappa shape index (κ1) is 33.9. The number of aryl methyl sites for hydroxylation is 1. The van der Waals surface area contributed by atoms with Crippen molar-refractivity contribution in [3.8, 4) is 11.8 Å². The Labute approximate surface area is 287 Å². The second-order valence-corrected chi connectivity index (χ2v) is 15.4. The minimum atomic E-state index is -3.35. The molecule has 5 atom stereocenters. The number of halogens is 1. The molecule has 12 heteroatoms. The van der Waals surface area contributed by atoms with Crippen molar-refractivity contribution in [3.63, 3.8) is 0 Å². The molecule has 1 unspecified atom stereocenters. The summed E-state index contributed by atoms with van der Waals surface area (Å²) < 4.78 is 34.0. The number of nitrogens with zero attached hydrogens (tertiary/aromatic N) is 5. The summed E-state index contributed by atoms with van der Waals surface area (Å²) in [6.07, 6.45) is 12.3. The van der Waals surface area contributed by atoms with Crippen LogP contribution in [0, 0.1) is 29.1 Å². The van der Waals surface area contributed by atoms with E-state index >= 15 is 0 Å². The molecule has 1 amide bonds. The zero-order valence-electron chi connectivity index (χ0n) is 27.3. The summed E-state index contributed by atoms with van der Waals surface area (Å²) >= 11 is 6.45. The fourth-order valence-corrected chi connectivity index (χ4v) is 8.89. The topological polar surface area (TPSA) is 130 Å². The molecule has 10 nitrogen and oxygen atoms in total. The number of methoxy groups -OCH3 is 1. The maximum Gasteiger partial charge on any atom is 0.286 e. The molecule has 0 spiro atoms. The highest BCUT2D eigenvalue weighted by Crippen LogP contribution is 2.42. The first-order chi connectivity index (χ1) is 23.2. The van der Waals surface area contributed by atoms with E-state index in [9.17, 15) is 9.00 Å². The van der Waals surface area contributed by atoms with Gasteiger partial charge in [0.05, 0.1) is 36.5 Å². The van der Waals surface area contributed by atoms with E-state index in [0.29, 0.717) is 42.7 Å². The number of nitriles is 1. The summed E-state index contributed by atoms with van der Waals surface area (Å²) in [5, 5.41) is 9.85. The summed E-state index contributed by atoms with van der Waals surface area (Å²) in [6.45, 7) is 3.88. The van der Waals surface area contributed by atoms with Gasteiger partial charge in [-0.05, 0) is 97.7 Å². The number of amides is 1. The molecule has 0 radical (unpaired) electrons. The number of hydrogen-bond acceptors (Lipinski definition) is 8. The third-order valence-corrected chi connectivity index (χ3v) is 11.7. The van der Waals surface area contributed by atoms with E-state index in [1.54, 1.807) is 13.2 Å². The van der Waals surface area contributed by atoms with Gasteiger partial charge in [-0.3, -0.25) is 9.52 Å². The molecule has 3 aliphatic rings. The van der Waals surface area contributed by atoms with Crippen molar-refractivity contribution >= 4 is 38.9 Å². The average Bonchev–Trinajstić information content (AvgIpc) is 3.08. The van der Waals surface area contributed by atoms with E-state index in [1.165, 1.54) is 23.5 Å². The number of nitrogens with one attached hydrogen (secondary N) is 1. The molecule has 1 aliphatic carbocycles. The molecule has 2 aliphatic heterocycles. The molecule has 252 valence electrons. The number of carbonyl (C=O) groups excluding carboxylic acids is 1. The summed E-state index contributed by atoms with van der Waals surface area (Å²) in [4.78, 5) is 24.4. The summed E-state index contributed by atoms with van der Waals surface area (Å²) in [5.74, 6) is 0.980. The van der Waals surface area contributed by atoms with E-state index in [4.69, 9.17) is 26.3 Å². The minimum absolute atomic E-state index is 0.0522. The molecule has 1 saturated carbocycles. The average molecular weight is 689 g/mol. The van der Waals surface area contributed by atoms with Gasteiger partial charge in [-0.15, -0.1) is 4.36 Å². The lowest BCUT2D eigenvalue weighted by molar-refractivity contribution is 0.0133. The van der Waals surface area contributed by atoms with Crippen molar-refractivity contribution in [1.82, 2.24) is 9.97 Å². The number of aromatic nitrogens is 2. The number of ether oxygens (including phenoxy) is 2. The highest BCUT2D eigenvalue weighted by molar-refractivity contribution is 7.95.